The van der Waals surface area contributed by atoms with Crippen molar-refractivity contribution in [2.75, 3.05) is 6.61 Å². The van der Waals surface area contributed by atoms with E-state index in [-0.39, 0.29) is 12.4 Å². The van der Waals surface area contributed by atoms with Gasteiger partial charge in [-0.25, -0.2) is 8.42 Å². The van der Waals surface area contributed by atoms with Gasteiger partial charge >= 0.3 is 0 Å². The van der Waals surface area contributed by atoms with Crippen LogP contribution in [0.1, 0.15) is 23.6 Å². The molecule has 16 heavy (non-hydrogen) atoms. The molecule has 0 saturated carbocycles. The second-order valence-electron chi connectivity index (χ2n) is 4.22. The molecule has 0 fully saturated rings. The molecule has 0 saturated heterocycles. The molecule has 0 heterocycles. The van der Waals surface area contributed by atoms with Crippen LogP contribution in [-0.2, 0) is 15.6 Å². The van der Waals surface area contributed by atoms with Gasteiger partial charge in [-0.15, -0.1) is 0 Å². The number of sulfone groups is 1. The summed E-state index contributed by atoms with van der Waals surface area (Å²) in [5.41, 5.74) is 3.02. The highest BCUT2D eigenvalue weighted by molar-refractivity contribution is 7.91. The number of hydrogen-bond donors (Lipinski definition) is 1. The summed E-state index contributed by atoms with van der Waals surface area (Å²) < 4.78 is 23.5. The molecule has 0 unspecified atom stereocenters. The van der Waals surface area contributed by atoms with E-state index in [2.05, 4.69) is 0 Å². The van der Waals surface area contributed by atoms with E-state index in [0.717, 1.165) is 16.7 Å². The van der Waals surface area contributed by atoms with E-state index < -0.39 is 15.1 Å². The van der Waals surface area contributed by atoms with Gasteiger partial charge in [-0.2, -0.15) is 0 Å². The minimum atomic E-state index is -3.24. The molecular weight excluding hydrogens is 224 g/mol. The molecule has 1 aromatic carbocycles. The van der Waals surface area contributed by atoms with Crippen LogP contribution in [0.25, 0.3) is 0 Å². The van der Waals surface area contributed by atoms with Crippen LogP contribution in [0.4, 0.5) is 0 Å². The Morgan fingerprint density at radius 1 is 1.25 bits per heavy atom. The maximum absolute atomic E-state index is 11.8. The second-order valence-corrected chi connectivity index (χ2v) is 6.64. The highest BCUT2D eigenvalue weighted by Crippen LogP contribution is 2.15. The van der Waals surface area contributed by atoms with Gasteiger partial charge in [0.05, 0.1) is 17.6 Å². The number of aryl methyl sites for hydroxylation is 2. The zero-order valence-electron chi connectivity index (χ0n) is 9.90. The molecule has 0 aliphatic carbocycles. The number of aliphatic hydroxyl groups excluding tert-OH is 1. The van der Waals surface area contributed by atoms with E-state index in [1.807, 2.05) is 32.0 Å². The van der Waals surface area contributed by atoms with Gasteiger partial charge in [-0.05, 0) is 37.5 Å². The summed E-state index contributed by atoms with van der Waals surface area (Å²) in [5, 5.41) is 8.17. The topological polar surface area (TPSA) is 54.4 Å². The Kier molecular flexibility index (Phi) is 4.10. The summed E-state index contributed by atoms with van der Waals surface area (Å²) in [6.07, 6.45) is 0. The molecule has 0 radical (unpaired) electrons. The quantitative estimate of drug-likeness (QED) is 0.872. The molecule has 0 amide bonds. The largest absolute Gasteiger partial charge is 0.395 e. The van der Waals surface area contributed by atoms with Crippen molar-refractivity contribution in [1.29, 1.82) is 0 Å². The minimum Gasteiger partial charge on any atom is -0.395 e. The molecule has 90 valence electrons. The first kappa shape index (κ1) is 13.2. The van der Waals surface area contributed by atoms with Crippen LogP contribution in [0.5, 0.6) is 0 Å². The standard InChI is InChI=1S/C12H18O3S/c1-9-4-5-12(6-10(9)2)8-16(14,15)11(3)7-13/h4-6,11,13H,7-8H2,1-3H3/t11-/m0/s1. The molecule has 0 bridgehead atoms. The lowest BCUT2D eigenvalue weighted by molar-refractivity contribution is 0.295. The molecule has 3 nitrogen and oxygen atoms in total. The second kappa shape index (κ2) is 4.97. The van der Waals surface area contributed by atoms with E-state index in [9.17, 15) is 8.42 Å². The minimum absolute atomic E-state index is 0.00412. The fourth-order valence-corrected chi connectivity index (χ4v) is 2.54. The Morgan fingerprint density at radius 3 is 2.38 bits per heavy atom. The molecule has 0 aromatic heterocycles. The fraction of sp³-hybridized carbons (Fsp3) is 0.500. The van der Waals surface area contributed by atoms with Gasteiger partial charge in [0, 0.05) is 0 Å². The van der Waals surface area contributed by atoms with Gasteiger partial charge < -0.3 is 5.11 Å². The van der Waals surface area contributed by atoms with Gasteiger partial charge in [-0.1, -0.05) is 18.2 Å². The Balaban J connectivity index is 2.93. The predicted octanol–water partition coefficient (Wildman–Crippen LogP) is 1.60. The van der Waals surface area contributed by atoms with Gasteiger partial charge in [0.1, 0.15) is 0 Å². The van der Waals surface area contributed by atoms with Gasteiger partial charge in [0.15, 0.2) is 9.84 Å². The summed E-state index contributed by atoms with van der Waals surface area (Å²) in [4.78, 5) is 0. The first-order chi connectivity index (χ1) is 7.36. The van der Waals surface area contributed by atoms with Gasteiger partial charge in [0.2, 0.25) is 0 Å². The van der Waals surface area contributed by atoms with E-state index in [1.165, 1.54) is 6.92 Å². The van der Waals surface area contributed by atoms with Crippen molar-refractivity contribution >= 4 is 9.84 Å². The summed E-state index contributed by atoms with van der Waals surface area (Å²) in [6.45, 7) is 5.15. The van der Waals surface area contributed by atoms with E-state index in [4.69, 9.17) is 5.11 Å². The smallest absolute Gasteiger partial charge is 0.159 e. The van der Waals surface area contributed by atoms with Crippen molar-refractivity contribution in [3.8, 4) is 0 Å². The van der Waals surface area contributed by atoms with Crippen LogP contribution in [0.3, 0.4) is 0 Å². The molecule has 1 aromatic rings. The van der Waals surface area contributed by atoms with Crippen LogP contribution in [-0.4, -0.2) is 25.4 Å². The highest BCUT2D eigenvalue weighted by Gasteiger charge is 2.20. The fourth-order valence-electron chi connectivity index (χ4n) is 1.38. The maximum Gasteiger partial charge on any atom is 0.159 e. The number of rotatable bonds is 4. The Bertz CT molecular complexity index is 463. The maximum atomic E-state index is 11.8. The third-order valence-corrected chi connectivity index (χ3v) is 4.92. The first-order valence-corrected chi connectivity index (χ1v) is 6.97. The number of hydrogen-bond acceptors (Lipinski definition) is 3. The van der Waals surface area contributed by atoms with Crippen molar-refractivity contribution in [2.45, 2.75) is 31.8 Å². The van der Waals surface area contributed by atoms with Crippen molar-refractivity contribution in [3.05, 3.63) is 34.9 Å². The Hall–Kier alpha value is -0.870. The van der Waals surface area contributed by atoms with Crippen molar-refractivity contribution in [2.24, 2.45) is 0 Å². The third-order valence-electron chi connectivity index (χ3n) is 2.81. The Labute approximate surface area is 97.0 Å². The zero-order valence-corrected chi connectivity index (χ0v) is 10.7. The molecule has 4 heteroatoms. The van der Waals surface area contributed by atoms with Crippen LogP contribution in [0.15, 0.2) is 18.2 Å². The molecule has 1 atom stereocenters. The lowest BCUT2D eigenvalue weighted by atomic mass is 10.1. The van der Waals surface area contributed by atoms with E-state index in [1.54, 1.807) is 0 Å². The van der Waals surface area contributed by atoms with Crippen LogP contribution >= 0.6 is 0 Å². The van der Waals surface area contributed by atoms with Gasteiger partial charge in [-0.3, -0.25) is 0 Å². The molecule has 0 spiro atoms. The lowest BCUT2D eigenvalue weighted by Crippen LogP contribution is -2.23. The van der Waals surface area contributed by atoms with Crippen molar-refractivity contribution < 1.29 is 13.5 Å². The number of benzene rings is 1. The molecule has 1 N–H and O–H groups in total. The average molecular weight is 242 g/mol. The third kappa shape index (κ3) is 3.06. The summed E-state index contributed by atoms with van der Waals surface area (Å²) in [7, 11) is -3.24. The lowest BCUT2D eigenvalue weighted by Gasteiger charge is -2.11. The normalized spacial score (nSPS) is 13.8. The van der Waals surface area contributed by atoms with E-state index >= 15 is 0 Å². The molecule has 0 aliphatic rings. The predicted molar refractivity (Wildman–Crippen MR) is 65.1 cm³/mol. The SMILES string of the molecule is Cc1ccc(CS(=O)(=O)[C@@H](C)CO)cc1C. The molecule has 1 rings (SSSR count). The van der Waals surface area contributed by atoms with Crippen LogP contribution in [0, 0.1) is 13.8 Å². The Morgan fingerprint density at radius 2 is 1.88 bits per heavy atom. The summed E-state index contributed by atoms with van der Waals surface area (Å²) in [5.74, 6) is -0.00412. The monoisotopic (exact) mass is 242 g/mol. The number of aliphatic hydroxyl groups is 1. The highest BCUT2D eigenvalue weighted by atomic mass is 32.2. The molecular formula is C12H18O3S. The average Bonchev–Trinajstić information content (AvgIpc) is 2.22. The molecule has 0 aliphatic heterocycles. The van der Waals surface area contributed by atoms with Crippen molar-refractivity contribution in [3.63, 3.8) is 0 Å². The van der Waals surface area contributed by atoms with Crippen molar-refractivity contribution in [1.82, 2.24) is 0 Å². The van der Waals surface area contributed by atoms with Crippen LogP contribution < -0.4 is 0 Å². The first-order valence-electron chi connectivity index (χ1n) is 5.25. The van der Waals surface area contributed by atoms with Gasteiger partial charge in [0.25, 0.3) is 0 Å². The van der Waals surface area contributed by atoms with E-state index in [0.29, 0.717) is 0 Å². The summed E-state index contributed by atoms with van der Waals surface area (Å²) >= 11 is 0. The summed E-state index contributed by atoms with van der Waals surface area (Å²) in [6, 6.07) is 5.63. The zero-order chi connectivity index (χ0) is 12.3. The van der Waals surface area contributed by atoms with Crippen LogP contribution in [0.2, 0.25) is 0 Å².